The zero-order valence-electron chi connectivity index (χ0n) is 13.9. The number of anilines is 1. The second-order valence-electron chi connectivity index (χ2n) is 5.92. The first-order valence-corrected chi connectivity index (χ1v) is 10.1. The smallest absolute Gasteiger partial charge is 0.264 e. The highest BCUT2D eigenvalue weighted by molar-refractivity contribution is 7.92. The summed E-state index contributed by atoms with van der Waals surface area (Å²) >= 11 is 1.63. The van der Waals surface area contributed by atoms with Crippen LogP contribution in [0.1, 0.15) is 10.4 Å². The number of aryl methyl sites for hydroxylation is 1. The Labute approximate surface area is 151 Å². The summed E-state index contributed by atoms with van der Waals surface area (Å²) < 4.78 is 33.2. The minimum absolute atomic E-state index is 0.266. The maximum Gasteiger partial charge on any atom is 0.264 e. The van der Waals surface area contributed by atoms with E-state index < -0.39 is 10.0 Å². The molecular formula is C19H17NO3S2. The summed E-state index contributed by atoms with van der Waals surface area (Å²) in [6, 6.07) is 16.5. The highest BCUT2D eigenvalue weighted by atomic mass is 32.2. The second-order valence-corrected chi connectivity index (χ2v) is 9.03. The van der Waals surface area contributed by atoms with Gasteiger partial charge in [0.15, 0.2) is 0 Å². The van der Waals surface area contributed by atoms with Crippen molar-refractivity contribution < 1.29 is 13.2 Å². The number of methoxy groups -OCH3 is 1. The molecule has 0 bridgehead atoms. The third-order valence-corrected chi connectivity index (χ3v) is 7.17. The van der Waals surface area contributed by atoms with Gasteiger partial charge in [-0.3, -0.25) is 4.31 Å². The molecule has 1 aromatic heterocycles. The van der Waals surface area contributed by atoms with Crippen LogP contribution in [0.15, 0.2) is 59.5 Å². The molecule has 0 amide bonds. The molecule has 6 heteroatoms. The molecule has 4 nitrogen and oxygen atoms in total. The molecule has 0 radical (unpaired) electrons. The monoisotopic (exact) mass is 371 g/mol. The molecule has 0 saturated carbocycles. The molecule has 25 heavy (non-hydrogen) atoms. The maximum absolute atomic E-state index is 13.3. The Kier molecular flexibility index (Phi) is 3.81. The first-order valence-electron chi connectivity index (χ1n) is 7.86. The van der Waals surface area contributed by atoms with Crippen LogP contribution in [-0.2, 0) is 16.6 Å². The predicted molar refractivity (Wildman–Crippen MR) is 101 cm³/mol. The molecular weight excluding hydrogens is 354 g/mol. The minimum atomic E-state index is -3.65. The fourth-order valence-corrected chi connectivity index (χ4v) is 5.67. The average molecular weight is 371 g/mol. The molecule has 0 spiro atoms. The summed E-state index contributed by atoms with van der Waals surface area (Å²) in [7, 11) is -2.08. The van der Waals surface area contributed by atoms with Crippen molar-refractivity contribution in [2.45, 2.75) is 18.4 Å². The van der Waals surface area contributed by atoms with Gasteiger partial charge < -0.3 is 4.74 Å². The molecule has 0 fully saturated rings. The van der Waals surface area contributed by atoms with E-state index in [1.165, 1.54) is 4.31 Å². The largest absolute Gasteiger partial charge is 0.497 e. The van der Waals surface area contributed by atoms with Crippen LogP contribution in [0.5, 0.6) is 5.75 Å². The van der Waals surface area contributed by atoms with Gasteiger partial charge in [-0.1, -0.05) is 24.3 Å². The lowest BCUT2D eigenvalue weighted by Crippen LogP contribution is -2.32. The first kappa shape index (κ1) is 16.2. The van der Waals surface area contributed by atoms with E-state index in [9.17, 15) is 8.42 Å². The molecule has 1 aliphatic rings. The molecule has 0 saturated heterocycles. The Morgan fingerprint density at radius 2 is 1.80 bits per heavy atom. The van der Waals surface area contributed by atoms with Crippen molar-refractivity contribution in [1.29, 1.82) is 0 Å². The van der Waals surface area contributed by atoms with Crippen LogP contribution in [-0.4, -0.2) is 15.5 Å². The van der Waals surface area contributed by atoms with Crippen molar-refractivity contribution in [2.75, 3.05) is 11.4 Å². The van der Waals surface area contributed by atoms with E-state index in [0.29, 0.717) is 12.3 Å². The number of hydrogen-bond donors (Lipinski definition) is 0. The maximum atomic E-state index is 13.3. The van der Waals surface area contributed by atoms with Crippen LogP contribution >= 0.6 is 11.3 Å². The van der Waals surface area contributed by atoms with E-state index in [-0.39, 0.29) is 4.90 Å². The van der Waals surface area contributed by atoms with E-state index in [4.69, 9.17) is 4.74 Å². The number of thiophene rings is 1. The second kappa shape index (κ2) is 5.89. The van der Waals surface area contributed by atoms with E-state index in [0.717, 1.165) is 26.6 Å². The standard InChI is InChI=1S/C19H17NO3S2/c1-13-11-18-19(24-13)17-6-4-3-5-14(17)12-20(18)25(21,22)16-9-7-15(23-2)8-10-16/h3-11H,12H2,1-2H3. The number of ether oxygens (including phenoxy) is 1. The predicted octanol–water partition coefficient (Wildman–Crippen LogP) is 4.44. The molecule has 128 valence electrons. The van der Waals surface area contributed by atoms with E-state index in [2.05, 4.69) is 6.07 Å². The summed E-state index contributed by atoms with van der Waals surface area (Å²) in [5.74, 6) is 0.634. The van der Waals surface area contributed by atoms with E-state index >= 15 is 0 Å². The van der Waals surface area contributed by atoms with Gasteiger partial charge in [0.05, 0.1) is 29.1 Å². The van der Waals surface area contributed by atoms with Crippen molar-refractivity contribution in [2.24, 2.45) is 0 Å². The lowest BCUT2D eigenvalue weighted by Gasteiger charge is -2.30. The fraction of sp³-hybridized carbons (Fsp3) is 0.158. The van der Waals surface area contributed by atoms with Crippen molar-refractivity contribution >= 4 is 27.0 Å². The highest BCUT2D eigenvalue weighted by Gasteiger charge is 2.33. The van der Waals surface area contributed by atoms with Gasteiger partial charge in [0.1, 0.15) is 5.75 Å². The molecule has 0 unspecified atom stereocenters. The number of hydrogen-bond acceptors (Lipinski definition) is 4. The molecule has 3 aromatic rings. The normalized spacial score (nSPS) is 13.3. The van der Waals surface area contributed by atoms with Crippen molar-refractivity contribution in [3.8, 4) is 16.2 Å². The summed E-state index contributed by atoms with van der Waals surface area (Å²) in [5.41, 5.74) is 2.91. The summed E-state index contributed by atoms with van der Waals surface area (Å²) in [6.45, 7) is 2.34. The number of rotatable bonds is 3. The molecule has 2 aromatic carbocycles. The van der Waals surface area contributed by atoms with Gasteiger partial charge in [0.25, 0.3) is 10.0 Å². The van der Waals surface area contributed by atoms with Crippen LogP contribution in [0, 0.1) is 6.92 Å². The van der Waals surface area contributed by atoms with Crippen LogP contribution in [0.25, 0.3) is 10.4 Å². The number of benzene rings is 2. The van der Waals surface area contributed by atoms with E-state index in [1.807, 2.05) is 31.2 Å². The number of fused-ring (bicyclic) bond motifs is 3. The topological polar surface area (TPSA) is 46.6 Å². The van der Waals surface area contributed by atoms with Crippen molar-refractivity contribution in [3.05, 3.63) is 65.0 Å². The molecule has 4 rings (SSSR count). The van der Waals surface area contributed by atoms with Gasteiger partial charge >= 0.3 is 0 Å². The Morgan fingerprint density at radius 3 is 2.52 bits per heavy atom. The van der Waals surface area contributed by atoms with Crippen molar-refractivity contribution in [1.82, 2.24) is 0 Å². The molecule has 0 aliphatic carbocycles. The van der Waals surface area contributed by atoms with Crippen LogP contribution in [0.3, 0.4) is 0 Å². The lowest BCUT2D eigenvalue weighted by atomic mass is 10.0. The SMILES string of the molecule is COc1ccc(S(=O)(=O)N2Cc3ccccc3-c3sc(C)cc32)cc1. The van der Waals surface area contributed by atoms with Gasteiger partial charge in [-0.25, -0.2) is 8.42 Å². The number of nitrogens with zero attached hydrogens (tertiary/aromatic N) is 1. The molecule has 2 heterocycles. The third kappa shape index (κ3) is 2.62. The van der Waals surface area contributed by atoms with Crippen LogP contribution < -0.4 is 9.04 Å². The number of sulfonamides is 1. The van der Waals surface area contributed by atoms with Gasteiger partial charge in [-0.05, 0) is 48.4 Å². The Balaban J connectivity index is 1.85. The minimum Gasteiger partial charge on any atom is -0.497 e. The van der Waals surface area contributed by atoms with Crippen LogP contribution in [0.2, 0.25) is 0 Å². The summed E-state index contributed by atoms with van der Waals surface area (Å²) in [4.78, 5) is 2.37. The lowest BCUT2D eigenvalue weighted by molar-refractivity contribution is 0.414. The molecule has 0 atom stereocenters. The summed E-state index contributed by atoms with van der Waals surface area (Å²) in [5, 5.41) is 0. The van der Waals surface area contributed by atoms with Gasteiger partial charge in [0, 0.05) is 4.88 Å². The Bertz CT molecular complexity index is 1040. The van der Waals surface area contributed by atoms with Gasteiger partial charge in [-0.15, -0.1) is 11.3 Å². The molecule has 0 N–H and O–H groups in total. The van der Waals surface area contributed by atoms with Gasteiger partial charge in [-0.2, -0.15) is 0 Å². The summed E-state index contributed by atoms with van der Waals surface area (Å²) in [6.07, 6.45) is 0. The Hall–Kier alpha value is -2.31. The van der Waals surface area contributed by atoms with Crippen molar-refractivity contribution in [3.63, 3.8) is 0 Å². The third-order valence-electron chi connectivity index (χ3n) is 4.33. The highest BCUT2D eigenvalue weighted by Crippen LogP contribution is 2.46. The Morgan fingerprint density at radius 1 is 1.08 bits per heavy atom. The quantitative estimate of drug-likeness (QED) is 0.684. The zero-order chi connectivity index (χ0) is 17.6. The van der Waals surface area contributed by atoms with Gasteiger partial charge in [0.2, 0.25) is 0 Å². The van der Waals surface area contributed by atoms with Crippen LogP contribution in [0.4, 0.5) is 5.69 Å². The average Bonchev–Trinajstić information content (AvgIpc) is 3.02. The van der Waals surface area contributed by atoms with E-state index in [1.54, 1.807) is 42.7 Å². The fourth-order valence-electron chi connectivity index (χ4n) is 3.09. The molecule has 1 aliphatic heterocycles. The zero-order valence-corrected chi connectivity index (χ0v) is 15.5. The first-order chi connectivity index (χ1) is 12.0.